The number of benzene rings is 1. The van der Waals surface area contributed by atoms with Crippen molar-refractivity contribution in [1.82, 2.24) is 30.0 Å². The molecule has 138 valence electrons. The van der Waals surface area contributed by atoms with Crippen molar-refractivity contribution in [3.05, 3.63) is 47.5 Å². The third kappa shape index (κ3) is 4.76. The molecular formula is C18H23ClN6O. The van der Waals surface area contributed by atoms with Gasteiger partial charge in [0, 0.05) is 43.5 Å². The number of aromatic amines is 1. The molecule has 7 nitrogen and oxygen atoms in total. The van der Waals surface area contributed by atoms with Crippen LogP contribution in [0.2, 0.25) is 5.02 Å². The summed E-state index contributed by atoms with van der Waals surface area (Å²) in [4.78, 5) is 21.9. The lowest BCUT2D eigenvalue weighted by molar-refractivity contribution is 0.197. The van der Waals surface area contributed by atoms with Crippen molar-refractivity contribution in [2.24, 2.45) is 0 Å². The molecule has 0 radical (unpaired) electrons. The molecule has 0 fully saturated rings. The largest absolute Gasteiger partial charge is 0.342 e. The first-order chi connectivity index (χ1) is 12.7. The summed E-state index contributed by atoms with van der Waals surface area (Å²) in [5.41, 5.74) is 1.84. The van der Waals surface area contributed by atoms with Crippen molar-refractivity contribution in [2.75, 3.05) is 19.6 Å². The summed E-state index contributed by atoms with van der Waals surface area (Å²) >= 11 is 5.99. The number of carbonyl (C=O) groups is 1. The second-order valence-corrected chi connectivity index (χ2v) is 6.47. The molecule has 3 aromatic rings. The summed E-state index contributed by atoms with van der Waals surface area (Å²) in [7, 11) is 0. The van der Waals surface area contributed by atoms with Crippen LogP contribution in [0.3, 0.4) is 0 Å². The number of hydrogen-bond donors (Lipinski definition) is 2. The van der Waals surface area contributed by atoms with Crippen LogP contribution in [0.25, 0.3) is 11.0 Å². The maximum absolute atomic E-state index is 12.3. The Morgan fingerprint density at radius 3 is 3.08 bits per heavy atom. The molecule has 0 aliphatic rings. The third-order valence-electron chi connectivity index (χ3n) is 4.19. The normalized spacial score (nSPS) is 11.0. The first kappa shape index (κ1) is 18.3. The van der Waals surface area contributed by atoms with Gasteiger partial charge in [-0.3, -0.25) is 4.68 Å². The van der Waals surface area contributed by atoms with Crippen molar-refractivity contribution >= 4 is 28.7 Å². The molecule has 3 rings (SSSR count). The van der Waals surface area contributed by atoms with Gasteiger partial charge in [0.1, 0.15) is 5.82 Å². The van der Waals surface area contributed by atoms with Crippen LogP contribution in [0.5, 0.6) is 0 Å². The highest BCUT2D eigenvalue weighted by Gasteiger charge is 2.11. The number of urea groups is 1. The molecule has 2 aromatic heterocycles. The highest BCUT2D eigenvalue weighted by Crippen LogP contribution is 2.17. The van der Waals surface area contributed by atoms with Crippen molar-refractivity contribution in [3.63, 3.8) is 0 Å². The quantitative estimate of drug-likeness (QED) is 0.595. The predicted octanol–water partition coefficient (Wildman–Crippen LogP) is 3.08. The fourth-order valence-electron chi connectivity index (χ4n) is 2.78. The number of amides is 2. The molecule has 0 saturated carbocycles. The SMILES string of the molecule is CCN(CCn1cccn1)C(=O)NCCCc1nc2ccc(Cl)cc2[nH]1. The summed E-state index contributed by atoms with van der Waals surface area (Å²) < 4.78 is 1.82. The van der Waals surface area contributed by atoms with Gasteiger partial charge in [-0.05, 0) is 37.6 Å². The van der Waals surface area contributed by atoms with Gasteiger partial charge in [0.2, 0.25) is 0 Å². The van der Waals surface area contributed by atoms with Gasteiger partial charge in [-0.2, -0.15) is 5.10 Å². The highest BCUT2D eigenvalue weighted by molar-refractivity contribution is 6.31. The fraction of sp³-hybridized carbons (Fsp3) is 0.389. The van der Waals surface area contributed by atoms with Crippen LogP contribution in [0.1, 0.15) is 19.2 Å². The molecule has 2 heterocycles. The first-order valence-corrected chi connectivity index (χ1v) is 9.18. The van der Waals surface area contributed by atoms with Gasteiger partial charge in [-0.15, -0.1) is 0 Å². The molecule has 0 bridgehead atoms. The number of imidazole rings is 1. The maximum Gasteiger partial charge on any atom is 0.317 e. The summed E-state index contributed by atoms with van der Waals surface area (Å²) in [5.74, 6) is 0.905. The van der Waals surface area contributed by atoms with Gasteiger partial charge in [0.05, 0.1) is 17.6 Å². The van der Waals surface area contributed by atoms with E-state index in [1.54, 1.807) is 11.1 Å². The molecule has 26 heavy (non-hydrogen) atoms. The Balaban J connectivity index is 1.41. The van der Waals surface area contributed by atoms with Crippen molar-refractivity contribution in [1.29, 1.82) is 0 Å². The van der Waals surface area contributed by atoms with Gasteiger partial charge < -0.3 is 15.2 Å². The Labute approximate surface area is 157 Å². The maximum atomic E-state index is 12.3. The van der Waals surface area contributed by atoms with E-state index >= 15 is 0 Å². The summed E-state index contributed by atoms with van der Waals surface area (Å²) in [6.45, 7) is 4.57. The van der Waals surface area contributed by atoms with E-state index in [0.29, 0.717) is 31.2 Å². The molecule has 0 spiro atoms. The lowest BCUT2D eigenvalue weighted by Crippen LogP contribution is -2.41. The number of carbonyl (C=O) groups excluding carboxylic acids is 1. The highest BCUT2D eigenvalue weighted by atomic mass is 35.5. The Morgan fingerprint density at radius 2 is 2.31 bits per heavy atom. The number of rotatable bonds is 8. The predicted molar refractivity (Wildman–Crippen MR) is 102 cm³/mol. The zero-order chi connectivity index (χ0) is 18.4. The lowest BCUT2D eigenvalue weighted by atomic mass is 10.3. The number of aryl methyl sites for hydroxylation is 1. The van der Waals surface area contributed by atoms with Gasteiger partial charge in [-0.25, -0.2) is 9.78 Å². The van der Waals surface area contributed by atoms with Crippen LogP contribution in [0.15, 0.2) is 36.7 Å². The zero-order valence-electron chi connectivity index (χ0n) is 14.8. The second-order valence-electron chi connectivity index (χ2n) is 6.03. The van der Waals surface area contributed by atoms with Crippen LogP contribution in [-0.2, 0) is 13.0 Å². The molecular weight excluding hydrogens is 352 g/mol. The average Bonchev–Trinajstić information content (AvgIpc) is 3.28. The zero-order valence-corrected chi connectivity index (χ0v) is 15.5. The van der Waals surface area contributed by atoms with E-state index in [9.17, 15) is 4.79 Å². The number of nitrogens with zero attached hydrogens (tertiary/aromatic N) is 4. The Bertz CT molecular complexity index is 845. The van der Waals surface area contributed by atoms with Crippen LogP contribution in [-0.4, -0.2) is 50.3 Å². The summed E-state index contributed by atoms with van der Waals surface area (Å²) in [6, 6.07) is 7.43. The van der Waals surface area contributed by atoms with Crippen LogP contribution in [0.4, 0.5) is 4.79 Å². The number of fused-ring (bicyclic) bond motifs is 1. The molecule has 2 N–H and O–H groups in total. The monoisotopic (exact) mass is 374 g/mol. The molecule has 0 aliphatic carbocycles. The van der Waals surface area contributed by atoms with Gasteiger partial charge in [0.25, 0.3) is 0 Å². The topological polar surface area (TPSA) is 78.8 Å². The lowest BCUT2D eigenvalue weighted by Gasteiger charge is -2.21. The van der Waals surface area contributed by atoms with Crippen LogP contribution in [0, 0.1) is 0 Å². The first-order valence-electron chi connectivity index (χ1n) is 8.80. The third-order valence-corrected chi connectivity index (χ3v) is 4.42. The van der Waals surface area contributed by atoms with Crippen LogP contribution < -0.4 is 5.32 Å². The number of hydrogen-bond acceptors (Lipinski definition) is 3. The van der Waals surface area contributed by atoms with Crippen molar-refractivity contribution in [2.45, 2.75) is 26.3 Å². The number of halogens is 1. The summed E-state index contributed by atoms with van der Waals surface area (Å²) in [6.07, 6.45) is 5.22. The minimum Gasteiger partial charge on any atom is -0.342 e. The molecule has 2 amide bonds. The smallest absolute Gasteiger partial charge is 0.317 e. The number of likely N-dealkylation sites (N-methyl/N-ethyl adjacent to an activating group) is 1. The van der Waals surface area contributed by atoms with Gasteiger partial charge in [-0.1, -0.05) is 11.6 Å². The van der Waals surface area contributed by atoms with E-state index < -0.39 is 0 Å². The van der Waals surface area contributed by atoms with Crippen molar-refractivity contribution in [3.8, 4) is 0 Å². The minimum absolute atomic E-state index is 0.0453. The van der Waals surface area contributed by atoms with E-state index in [-0.39, 0.29) is 6.03 Å². The van der Waals surface area contributed by atoms with Crippen molar-refractivity contribution < 1.29 is 4.79 Å². The molecule has 0 saturated heterocycles. The van der Waals surface area contributed by atoms with Crippen LogP contribution >= 0.6 is 11.6 Å². The number of H-pyrrole nitrogens is 1. The number of nitrogens with one attached hydrogen (secondary N) is 2. The minimum atomic E-state index is -0.0453. The van der Waals surface area contributed by atoms with Gasteiger partial charge in [0.15, 0.2) is 0 Å². The Kier molecular flexibility index (Phi) is 6.12. The molecule has 0 aliphatic heterocycles. The summed E-state index contributed by atoms with van der Waals surface area (Å²) in [5, 5.41) is 7.81. The Morgan fingerprint density at radius 1 is 1.42 bits per heavy atom. The van der Waals surface area contributed by atoms with E-state index in [0.717, 1.165) is 29.7 Å². The fourth-order valence-corrected chi connectivity index (χ4v) is 2.95. The average molecular weight is 375 g/mol. The van der Waals surface area contributed by atoms with E-state index in [1.807, 2.05) is 42.1 Å². The molecule has 8 heteroatoms. The van der Waals surface area contributed by atoms with E-state index in [2.05, 4.69) is 20.4 Å². The molecule has 1 aromatic carbocycles. The molecule has 0 atom stereocenters. The Hall–Kier alpha value is -2.54. The number of aromatic nitrogens is 4. The van der Waals surface area contributed by atoms with Gasteiger partial charge >= 0.3 is 6.03 Å². The van der Waals surface area contributed by atoms with E-state index in [1.165, 1.54) is 0 Å². The standard InChI is InChI=1S/C18H23ClN6O/c1-2-24(11-12-25-10-4-9-21-25)18(26)20-8-3-5-17-22-15-7-6-14(19)13-16(15)23-17/h4,6-7,9-10,13H,2-3,5,8,11-12H2,1H3,(H,20,26)(H,22,23). The van der Waals surface area contributed by atoms with E-state index in [4.69, 9.17) is 11.6 Å². The second kappa shape index (κ2) is 8.71. The molecule has 0 unspecified atom stereocenters.